The molecule has 0 rings (SSSR count). The van der Waals surface area contributed by atoms with Gasteiger partial charge in [0.05, 0.1) is 12.4 Å². The molecule has 1 atom stereocenters. The maximum absolute atomic E-state index is 10.2. The van der Waals surface area contributed by atoms with Gasteiger partial charge in [-0.15, -0.1) is 0 Å². The molecule has 0 aliphatic rings. The van der Waals surface area contributed by atoms with E-state index in [1.807, 2.05) is 0 Å². The molecule has 0 saturated heterocycles. The molecule has 1 unspecified atom stereocenters. The summed E-state index contributed by atoms with van der Waals surface area (Å²) >= 11 is 0. The summed E-state index contributed by atoms with van der Waals surface area (Å²) in [6.45, 7) is 0. The van der Waals surface area contributed by atoms with Crippen molar-refractivity contribution in [3.05, 3.63) is 0 Å². The van der Waals surface area contributed by atoms with Gasteiger partial charge in [-0.2, -0.15) is 0 Å². The molecule has 79 valence electrons. The Bertz CT molecular complexity index is 233. The summed E-state index contributed by atoms with van der Waals surface area (Å²) in [6, 6.07) is 0. The van der Waals surface area contributed by atoms with Crippen LogP contribution in [0, 0.1) is 0 Å². The van der Waals surface area contributed by atoms with Gasteiger partial charge in [0.25, 0.3) is 0 Å². The average Bonchev–Trinajstić information content (AvgIpc) is 1.82. The van der Waals surface area contributed by atoms with Crippen molar-refractivity contribution >= 4 is 17.9 Å². The SMILES string of the molecule is O=C([O-])CC(O)(CC(=O)O)C(=O)[O-].[Mn+2]. The van der Waals surface area contributed by atoms with Crippen LogP contribution in [0.3, 0.4) is 0 Å². The van der Waals surface area contributed by atoms with E-state index < -0.39 is 36.4 Å². The van der Waals surface area contributed by atoms with Crippen LogP contribution >= 0.6 is 0 Å². The summed E-state index contributed by atoms with van der Waals surface area (Å²) < 4.78 is 0. The first kappa shape index (κ1) is 15.4. The molecule has 1 radical (unpaired) electrons. The molecule has 0 aliphatic heterocycles. The molecule has 14 heavy (non-hydrogen) atoms. The number of hydrogen-bond acceptors (Lipinski definition) is 6. The van der Waals surface area contributed by atoms with Crippen molar-refractivity contribution in [2.45, 2.75) is 18.4 Å². The maximum atomic E-state index is 10.2. The molecule has 0 aromatic heterocycles. The van der Waals surface area contributed by atoms with Crippen LogP contribution in [-0.4, -0.2) is 33.7 Å². The van der Waals surface area contributed by atoms with Crippen molar-refractivity contribution < 1.29 is 51.9 Å². The largest absolute Gasteiger partial charge is 2.00 e. The number of rotatable bonds is 5. The normalized spacial score (nSPS) is 13.5. The fourth-order valence-electron chi connectivity index (χ4n) is 0.696. The van der Waals surface area contributed by atoms with Gasteiger partial charge >= 0.3 is 23.0 Å². The van der Waals surface area contributed by atoms with Crippen LogP contribution in [-0.2, 0) is 31.5 Å². The zero-order valence-electron chi connectivity index (χ0n) is 6.73. The van der Waals surface area contributed by atoms with Crippen LogP contribution in [0.5, 0.6) is 0 Å². The quantitative estimate of drug-likeness (QED) is 0.471. The molecule has 0 heterocycles. The fraction of sp³-hybridized carbons (Fsp3) is 0.500. The Hall–Kier alpha value is -1.11. The molecule has 7 nitrogen and oxygen atoms in total. The second-order valence-corrected chi connectivity index (χ2v) is 2.44. The van der Waals surface area contributed by atoms with Gasteiger partial charge < -0.3 is 30.0 Å². The number of aliphatic hydroxyl groups is 1. The van der Waals surface area contributed by atoms with Gasteiger partial charge in [0, 0.05) is 12.4 Å². The molecule has 0 aliphatic carbocycles. The summed E-state index contributed by atoms with van der Waals surface area (Å²) in [7, 11) is 0. The van der Waals surface area contributed by atoms with Gasteiger partial charge in [-0.05, 0) is 0 Å². The summed E-state index contributed by atoms with van der Waals surface area (Å²) in [4.78, 5) is 30.2. The zero-order chi connectivity index (χ0) is 10.6. The predicted octanol–water partition coefficient (Wildman–Crippen LogP) is -3.92. The number of carbonyl (C=O) groups is 3. The molecule has 0 aromatic carbocycles. The first-order valence-corrected chi connectivity index (χ1v) is 3.13. The van der Waals surface area contributed by atoms with Crippen molar-refractivity contribution in [3.8, 4) is 0 Å². The summed E-state index contributed by atoms with van der Waals surface area (Å²) in [5.74, 6) is -5.67. The molecule has 0 saturated carbocycles. The Morgan fingerprint density at radius 3 is 1.79 bits per heavy atom. The Morgan fingerprint density at radius 1 is 1.14 bits per heavy atom. The van der Waals surface area contributed by atoms with Crippen LogP contribution in [0.15, 0.2) is 0 Å². The Morgan fingerprint density at radius 2 is 1.57 bits per heavy atom. The van der Waals surface area contributed by atoms with Gasteiger partial charge in [-0.1, -0.05) is 0 Å². The minimum absolute atomic E-state index is 0. The third-order valence-corrected chi connectivity index (χ3v) is 1.26. The van der Waals surface area contributed by atoms with Crippen molar-refractivity contribution in [1.82, 2.24) is 0 Å². The predicted molar refractivity (Wildman–Crippen MR) is 31.8 cm³/mol. The Labute approximate surface area is 88.8 Å². The number of carbonyl (C=O) groups excluding carboxylic acids is 2. The minimum atomic E-state index is -2.91. The molecule has 8 heteroatoms. The van der Waals surface area contributed by atoms with Crippen LogP contribution in [0.4, 0.5) is 0 Å². The first-order chi connectivity index (χ1) is 5.78. The zero-order valence-corrected chi connectivity index (χ0v) is 7.91. The Balaban J connectivity index is 0. The topological polar surface area (TPSA) is 138 Å². The molecule has 2 N–H and O–H groups in total. The monoisotopic (exact) mass is 245 g/mol. The van der Waals surface area contributed by atoms with E-state index in [4.69, 9.17) is 10.2 Å². The first-order valence-electron chi connectivity index (χ1n) is 3.13. The van der Waals surface area contributed by atoms with Crippen LogP contribution < -0.4 is 10.2 Å². The molecule has 0 spiro atoms. The van der Waals surface area contributed by atoms with E-state index >= 15 is 0 Å². The van der Waals surface area contributed by atoms with Crippen molar-refractivity contribution in [3.63, 3.8) is 0 Å². The van der Waals surface area contributed by atoms with Crippen LogP contribution in [0.25, 0.3) is 0 Å². The van der Waals surface area contributed by atoms with Gasteiger partial charge in [0.2, 0.25) is 0 Å². The fourth-order valence-corrected chi connectivity index (χ4v) is 0.696. The van der Waals surface area contributed by atoms with Gasteiger partial charge in [0.1, 0.15) is 5.60 Å². The van der Waals surface area contributed by atoms with Crippen LogP contribution in [0.1, 0.15) is 12.8 Å². The molecule has 0 bridgehead atoms. The maximum Gasteiger partial charge on any atom is 2.00 e. The van der Waals surface area contributed by atoms with E-state index in [0.29, 0.717) is 0 Å². The van der Waals surface area contributed by atoms with E-state index in [2.05, 4.69) is 0 Å². The molecule has 0 fully saturated rings. The van der Waals surface area contributed by atoms with Crippen molar-refractivity contribution in [2.24, 2.45) is 0 Å². The smallest absolute Gasteiger partial charge is 0.550 e. The van der Waals surface area contributed by atoms with Gasteiger partial charge in [-0.3, -0.25) is 4.79 Å². The molecular formula is C6H6MnO7. The number of hydrogen-bond donors (Lipinski definition) is 2. The van der Waals surface area contributed by atoms with Crippen molar-refractivity contribution in [1.29, 1.82) is 0 Å². The molecule has 0 amide bonds. The molecular weight excluding hydrogens is 239 g/mol. The minimum Gasteiger partial charge on any atom is -0.550 e. The second-order valence-electron chi connectivity index (χ2n) is 2.44. The molecule has 0 aromatic rings. The number of carboxylic acid groups (broad SMARTS) is 3. The standard InChI is InChI=1S/C6H8O7.Mn/c7-3(8)1-6(13,5(11)12)2-4(9)10;/h13H,1-2H2,(H,7,8)(H,9,10)(H,11,12);/q;+2/p-2. The summed E-state index contributed by atoms with van der Waals surface area (Å²) in [5.41, 5.74) is -2.91. The van der Waals surface area contributed by atoms with Gasteiger partial charge in [0.15, 0.2) is 0 Å². The third-order valence-electron chi connectivity index (χ3n) is 1.26. The van der Waals surface area contributed by atoms with E-state index in [-0.39, 0.29) is 17.1 Å². The van der Waals surface area contributed by atoms with E-state index in [1.54, 1.807) is 0 Å². The summed E-state index contributed by atoms with van der Waals surface area (Å²) in [6.07, 6.45) is -2.56. The van der Waals surface area contributed by atoms with E-state index in [1.165, 1.54) is 0 Å². The van der Waals surface area contributed by atoms with E-state index in [9.17, 15) is 24.6 Å². The number of carboxylic acids is 3. The number of aliphatic carboxylic acids is 3. The third kappa shape index (κ3) is 4.80. The van der Waals surface area contributed by atoms with Crippen molar-refractivity contribution in [2.75, 3.05) is 0 Å². The second kappa shape index (κ2) is 5.58. The summed E-state index contributed by atoms with van der Waals surface area (Å²) in [5, 5.41) is 37.2. The van der Waals surface area contributed by atoms with Crippen LogP contribution in [0.2, 0.25) is 0 Å². The van der Waals surface area contributed by atoms with E-state index in [0.717, 1.165) is 0 Å². The Kier molecular flexibility index (Phi) is 6.13. The average molecular weight is 245 g/mol. The van der Waals surface area contributed by atoms with Gasteiger partial charge in [-0.25, -0.2) is 0 Å².